The summed E-state index contributed by atoms with van der Waals surface area (Å²) in [5.74, 6) is -1.55. The van der Waals surface area contributed by atoms with E-state index in [4.69, 9.17) is 0 Å². The fraction of sp³-hybridized carbons (Fsp3) is 0.125. The minimum atomic E-state index is -1.18. The summed E-state index contributed by atoms with van der Waals surface area (Å²) in [6.45, 7) is 3.99. The molecule has 30 heavy (non-hydrogen) atoms. The largest absolute Gasteiger partial charge is 0.350 e. The average molecular weight is 403 g/mol. The summed E-state index contributed by atoms with van der Waals surface area (Å²) in [6.07, 6.45) is 2.99. The molecule has 0 bridgehead atoms. The zero-order chi connectivity index (χ0) is 21.3. The molecule has 0 aliphatic heterocycles. The summed E-state index contributed by atoms with van der Waals surface area (Å²) in [6, 6.07) is 19.0. The molecule has 0 fully saturated rings. The Balaban J connectivity index is 1.96. The fourth-order valence-electron chi connectivity index (χ4n) is 3.11. The number of aromatic nitrogens is 1. The smallest absolute Gasteiger partial charge is 0.273 e. The first-order valence-electron chi connectivity index (χ1n) is 9.50. The van der Waals surface area contributed by atoms with Gasteiger partial charge in [0.1, 0.15) is 17.6 Å². The van der Waals surface area contributed by atoms with E-state index in [1.54, 1.807) is 24.3 Å². The predicted octanol–water partition coefficient (Wildman–Crippen LogP) is 3.91. The van der Waals surface area contributed by atoms with Crippen molar-refractivity contribution in [2.24, 2.45) is 0 Å². The number of rotatable bonds is 8. The number of amides is 2. The Morgan fingerprint density at radius 2 is 1.73 bits per heavy atom. The van der Waals surface area contributed by atoms with Crippen LogP contribution in [-0.2, 0) is 11.3 Å². The van der Waals surface area contributed by atoms with Crippen molar-refractivity contribution in [3.05, 3.63) is 114 Å². The summed E-state index contributed by atoms with van der Waals surface area (Å²) in [7, 11) is 0. The average Bonchev–Trinajstić information content (AvgIpc) is 2.79. The molecule has 1 heterocycles. The maximum absolute atomic E-state index is 14.7. The molecule has 3 aromatic rings. The third kappa shape index (κ3) is 4.97. The van der Waals surface area contributed by atoms with Gasteiger partial charge in [-0.25, -0.2) is 4.39 Å². The Hall–Kier alpha value is -3.80. The van der Waals surface area contributed by atoms with Gasteiger partial charge >= 0.3 is 0 Å². The molecule has 3 rings (SSSR count). The third-order valence-electron chi connectivity index (χ3n) is 4.54. The molecule has 0 saturated heterocycles. The van der Waals surface area contributed by atoms with E-state index in [1.807, 2.05) is 30.3 Å². The highest BCUT2D eigenvalue weighted by Crippen LogP contribution is 2.25. The first-order valence-corrected chi connectivity index (χ1v) is 9.50. The number of hydrogen-bond acceptors (Lipinski definition) is 3. The van der Waals surface area contributed by atoms with Gasteiger partial charge in [0.2, 0.25) is 5.91 Å². The highest BCUT2D eigenvalue weighted by molar-refractivity contribution is 5.96. The van der Waals surface area contributed by atoms with E-state index in [9.17, 15) is 14.0 Å². The van der Waals surface area contributed by atoms with Gasteiger partial charge < -0.3 is 10.2 Å². The molecule has 0 unspecified atom stereocenters. The number of carbonyl (C=O) groups excluding carboxylic acids is 2. The standard InChI is InChI=1S/C24H22FN3O2/c1-2-16-28(24(30)21-14-8-9-15-26-21)22(19-12-6-7-13-20(19)25)23(29)27-17-18-10-4-3-5-11-18/h2-15,22H,1,16-17H2,(H,27,29)/t22-/m0/s1. The normalized spacial score (nSPS) is 11.4. The molecule has 152 valence electrons. The van der Waals surface area contributed by atoms with Crippen LogP contribution < -0.4 is 5.32 Å². The highest BCUT2D eigenvalue weighted by Gasteiger charge is 2.33. The summed E-state index contributed by atoms with van der Waals surface area (Å²) in [4.78, 5) is 31.7. The molecule has 5 nitrogen and oxygen atoms in total. The van der Waals surface area contributed by atoms with Crippen molar-refractivity contribution in [2.45, 2.75) is 12.6 Å². The quantitative estimate of drug-likeness (QED) is 0.580. The fourth-order valence-corrected chi connectivity index (χ4v) is 3.11. The Kier molecular flexibility index (Phi) is 7.05. The Morgan fingerprint density at radius 3 is 2.40 bits per heavy atom. The Morgan fingerprint density at radius 1 is 1.03 bits per heavy atom. The number of hydrogen-bond donors (Lipinski definition) is 1. The van der Waals surface area contributed by atoms with E-state index >= 15 is 0 Å². The van der Waals surface area contributed by atoms with Crippen LogP contribution in [0.3, 0.4) is 0 Å². The lowest BCUT2D eigenvalue weighted by Gasteiger charge is -2.30. The number of carbonyl (C=O) groups is 2. The van der Waals surface area contributed by atoms with Crippen molar-refractivity contribution in [1.29, 1.82) is 0 Å². The van der Waals surface area contributed by atoms with E-state index in [0.717, 1.165) is 5.56 Å². The molecule has 0 spiro atoms. The zero-order valence-corrected chi connectivity index (χ0v) is 16.4. The van der Waals surface area contributed by atoms with Gasteiger partial charge in [0.05, 0.1) is 0 Å². The number of nitrogens with zero attached hydrogens (tertiary/aromatic N) is 2. The van der Waals surface area contributed by atoms with Crippen molar-refractivity contribution in [2.75, 3.05) is 6.54 Å². The van der Waals surface area contributed by atoms with Gasteiger partial charge in [-0.1, -0.05) is 60.7 Å². The summed E-state index contributed by atoms with van der Waals surface area (Å²) >= 11 is 0. The second-order valence-electron chi connectivity index (χ2n) is 6.59. The van der Waals surface area contributed by atoms with Crippen LogP contribution in [0.25, 0.3) is 0 Å². The van der Waals surface area contributed by atoms with Crippen LogP contribution in [0.1, 0.15) is 27.7 Å². The maximum Gasteiger partial charge on any atom is 0.273 e. The summed E-state index contributed by atoms with van der Waals surface area (Å²) in [5, 5.41) is 2.82. The van der Waals surface area contributed by atoms with E-state index in [1.165, 1.54) is 35.4 Å². The predicted molar refractivity (Wildman–Crippen MR) is 113 cm³/mol. The molecule has 0 radical (unpaired) electrons. The van der Waals surface area contributed by atoms with Crippen LogP contribution >= 0.6 is 0 Å². The molecule has 0 saturated carbocycles. The molecule has 0 aliphatic carbocycles. The molecule has 6 heteroatoms. The molecular formula is C24H22FN3O2. The molecule has 1 aromatic heterocycles. The zero-order valence-electron chi connectivity index (χ0n) is 16.4. The SMILES string of the molecule is C=CCN(C(=O)c1ccccn1)[C@H](C(=O)NCc1ccccc1)c1ccccc1F. The number of halogens is 1. The second kappa shape index (κ2) is 10.1. The van der Waals surface area contributed by atoms with Crippen LogP contribution in [0.2, 0.25) is 0 Å². The van der Waals surface area contributed by atoms with Crippen molar-refractivity contribution in [3.63, 3.8) is 0 Å². The maximum atomic E-state index is 14.7. The molecule has 1 atom stereocenters. The number of nitrogens with one attached hydrogen (secondary N) is 1. The van der Waals surface area contributed by atoms with E-state index in [2.05, 4.69) is 16.9 Å². The molecule has 2 amide bonds. The van der Waals surface area contributed by atoms with E-state index in [0.29, 0.717) is 0 Å². The van der Waals surface area contributed by atoms with Gasteiger partial charge in [-0.2, -0.15) is 0 Å². The lowest BCUT2D eigenvalue weighted by Crippen LogP contribution is -2.44. The van der Waals surface area contributed by atoms with E-state index < -0.39 is 23.7 Å². The summed E-state index contributed by atoms with van der Waals surface area (Å²) in [5.41, 5.74) is 1.16. The van der Waals surface area contributed by atoms with Crippen molar-refractivity contribution in [3.8, 4) is 0 Å². The van der Waals surface area contributed by atoms with Gasteiger partial charge in [-0.05, 0) is 23.8 Å². The van der Waals surface area contributed by atoms with Gasteiger partial charge in [0, 0.05) is 24.8 Å². The molecule has 2 aromatic carbocycles. The van der Waals surface area contributed by atoms with Crippen molar-refractivity contribution >= 4 is 11.8 Å². The third-order valence-corrected chi connectivity index (χ3v) is 4.54. The van der Waals surface area contributed by atoms with Gasteiger partial charge in [-0.15, -0.1) is 6.58 Å². The monoisotopic (exact) mass is 403 g/mol. The molecule has 1 N–H and O–H groups in total. The van der Waals surface area contributed by atoms with Crippen molar-refractivity contribution < 1.29 is 14.0 Å². The number of pyridine rings is 1. The molecule has 0 aliphatic rings. The first kappa shape index (κ1) is 20.9. The van der Waals surface area contributed by atoms with Crippen molar-refractivity contribution in [1.82, 2.24) is 15.2 Å². The van der Waals surface area contributed by atoms with Gasteiger partial charge in [-0.3, -0.25) is 14.6 Å². The molecular weight excluding hydrogens is 381 g/mol. The topological polar surface area (TPSA) is 62.3 Å². The van der Waals surface area contributed by atoms with Crippen LogP contribution in [0.4, 0.5) is 4.39 Å². The Bertz CT molecular complexity index is 1010. The van der Waals surface area contributed by atoms with Crippen LogP contribution in [0.15, 0.2) is 91.6 Å². The minimum Gasteiger partial charge on any atom is -0.350 e. The van der Waals surface area contributed by atoms with E-state index in [-0.39, 0.29) is 24.3 Å². The first-order chi connectivity index (χ1) is 14.6. The second-order valence-corrected chi connectivity index (χ2v) is 6.59. The highest BCUT2D eigenvalue weighted by atomic mass is 19.1. The van der Waals surface area contributed by atoms with Gasteiger partial charge in [0.15, 0.2) is 0 Å². The minimum absolute atomic E-state index is 0.0488. The van der Waals surface area contributed by atoms with Crippen LogP contribution in [0.5, 0.6) is 0 Å². The lowest BCUT2D eigenvalue weighted by atomic mass is 10.0. The summed E-state index contributed by atoms with van der Waals surface area (Å²) < 4.78 is 14.7. The van der Waals surface area contributed by atoms with Crippen LogP contribution in [0, 0.1) is 5.82 Å². The number of benzene rings is 2. The Labute approximate surface area is 174 Å². The van der Waals surface area contributed by atoms with Crippen LogP contribution in [-0.4, -0.2) is 28.2 Å². The lowest BCUT2D eigenvalue weighted by molar-refractivity contribution is -0.126. The van der Waals surface area contributed by atoms with Gasteiger partial charge in [0.25, 0.3) is 5.91 Å².